The van der Waals surface area contributed by atoms with Crippen LogP contribution in [0.4, 0.5) is 8.78 Å². The van der Waals surface area contributed by atoms with Crippen molar-refractivity contribution in [2.75, 3.05) is 33.2 Å². The van der Waals surface area contributed by atoms with E-state index < -0.39 is 16.4 Å². The molecule has 7 nitrogen and oxygen atoms in total. The van der Waals surface area contributed by atoms with Gasteiger partial charge in [-0.1, -0.05) is 6.08 Å². The van der Waals surface area contributed by atoms with Crippen LogP contribution in [0.15, 0.2) is 59.3 Å². The van der Waals surface area contributed by atoms with Crippen molar-refractivity contribution >= 4 is 22.9 Å². The molecule has 1 aromatic carbocycles. The number of aromatic nitrogens is 3. The van der Waals surface area contributed by atoms with Gasteiger partial charge in [0.05, 0.1) is 6.26 Å². The number of benzene rings is 1. The third-order valence-electron chi connectivity index (χ3n) is 6.73. The molecule has 6 rings (SSSR count). The third kappa shape index (κ3) is 3.56. The van der Waals surface area contributed by atoms with Crippen LogP contribution in [0.1, 0.15) is 18.7 Å². The molecule has 10 heteroatoms. The van der Waals surface area contributed by atoms with E-state index in [1.807, 2.05) is 12.5 Å². The number of aliphatic imine (C=N–C) groups is 1. The number of rotatable bonds is 3. The molecule has 4 aliphatic rings. The van der Waals surface area contributed by atoms with E-state index in [2.05, 4.69) is 39.1 Å². The van der Waals surface area contributed by atoms with Crippen LogP contribution in [0.25, 0.3) is 10.6 Å². The highest BCUT2D eigenvalue weighted by atomic mass is 32.2. The number of allylic oxidation sites excluding steroid dienone is 2. The second-order valence-corrected chi connectivity index (χ2v) is 10.2. The monoisotopic (exact) mass is 482 g/mol. The quantitative estimate of drug-likeness (QED) is 0.666. The van der Waals surface area contributed by atoms with Gasteiger partial charge in [0, 0.05) is 48.9 Å². The minimum Gasteiger partial charge on any atom is -0.495 e. The van der Waals surface area contributed by atoms with Gasteiger partial charge in [-0.25, -0.2) is 23.4 Å². The second kappa shape index (κ2) is 8.35. The average molecular weight is 483 g/mol. The zero-order chi connectivity index (χ0) is 23.3. The van der Waals surface area contributed by atoms with E-state index in [1.54, 1.807) is 11.8 Å². The lowest BCUT2D eigenvalue weighted by molar-refractivity contribution is 0.156. The summed E-state index contributed by atoms with van der Waals surface area (Å²) in [7, 11) is 2.13. The summed E-state index contributed by atoms with van der Waals surface area (Å²) < 4.78 is 35.1. The lowest BCUT2D eigenvalue weighted by atomic mass is 9.91. The number of hydrogen-bond donors (Lipinski definition) is 0. The van der Waals surface area contributed by atoms with Crippen molar-refractivity contribution < 1.29 is 13.5 Å². The minimum atomic E-state index is -0.689. The largest absolute Gasteiger partial charge is 0.495 e. The molecular formula is C24H24F2N6OS. The average Bonchev–Trinajstić information content (AvgIpc) is 3.40. The van der Waals surface area contributed by atoms with E-state index in [1.165, 1.54) is 23.1 Å². The molecule has 0 N–H and O–H groups in total. The summed E-state index contributed by atoms with van der Waals surface area (Å²) in [5.41, 5.74) is 1.22. The third-order valence-corrected chi connectivity index (χ3v) is 8.24. The number of piperazine rings is 1. The Morgan fingerprint density at radius 1 is 1.18 bits per heavy atom. The maximum Gasteiger partial charge on any atom is 0.169 e. The molecule has 0 amide bonds. The Bertz CT molecular complexity index is 1250. The van der Waals surface area contributed by atoms with Gasteiger partial charge < -0.3 is 14.5 Å². The van der Waals surface area contributed by atoms with Crippen molar-refractivity contribution in [2.45, 2.75) is 23.7 Å². The topological polar surface area (TPSA) is 58.8 Å². The lowest BCUT2D eigenvalue weighted by Gasteiger charge is -2.37. The number of nitrogens with zero attached hydrogens (tertiary/aromatic N) is 6. The van der Waals surface area contributed by atoms with Crippen LogP contribution in [0, 0.1) is 11.6 Å². The Labute approximate surface area is 200 Å². The molecule has 176 valence electrons. The molecule has 1 aromatic heterocycles. The molecule has 1 saturated heterocycles. The van der Waals surface area contributed by atoms with Crippen LogP contribution in [0.2, 0.25) is 0 Å². The van der Waals surface area contributed by atoms with Crippen molar-refractivity contribution in [2.24, 2.45) is 4.99 Å². The first-order valence-corrected chi connectivity index (χ1v) is 12.2. The molecule has 0 aliphatic carbocycles. The molecule has 5 heterocycles. The lowest BCUT2D eigenvalue weighted by Crippen LogP contribution is -2.45. The van der Waals surface area contributed by atoms with Gasteiger partial charge in [-0.2, -0.15) is 5.10 Å². The molecule has 2 atom stereocenters. The molecule has 1 spiro atoms. The zero-order valence-corrected chi connectivity index (χ0v) is 19.5. The summed E-state index contributed by atoms with van der Waals surface area (Å²) in [4.78, 5) is 14.8. The highest BCUT2D eigenvalue weighted by Gasteiger charge is 2.50. The predicted octanol–water partition coefficient (Wildman–Crippen LogP) is 3.61. The van der Waals surface area contributed by atoms with Gasteiger partial charge in [0.25, 0.3) is 0 Å². The Kier molecular flexibility index (Phi) is 5.29. The van der Waals surface area contributed by atoms with Gasteiger partial charge in [0.15, 0.2) is 11.6 Å². The molecule has 2 unspecified atom stereocenters. The van der Waals surface area contributed by atoms with Gasteiger partial charge in [-0.15, -0.1) is 11.8 Å². The summed E-state index contributed by atoms with van der Waals surface area (Å²) in [5.74, 6) is 0.151. The van der Waals surface area contributed by atoms with E-state index >= 15 is 0 Å². The highest BCUT2D eigenvalue weighted by molar-refractivity contribution is 8.10. The molecule has 2 aromatic rings. The van der Waals surface area contributed by atoms with Crippen LogP contribution in [-0.2, 0) is 4.74 Å². The van der Waals surface area contributed by atoms with E-state index in [4.69, 9.17) is 9.73 Å². The first-order chi connectivity index (χ1) is 16.5. The first kappa shape index (κ1) is 21.5. The Morgan fingerprint density at radius 2 is 2.03 bits per heavy atom. The fraction of sp³-hybridized carbons (Fsp3) is 0.375. The van der Waals surface area contributed by atoms with E-state index in [-0.39, 0.29) is 11.8 Å². The standard InChI is InChI=1S/C24H24F2N6OS/c1-30-7-9-31(10-8-30)22-11-16-13-33-21-4-2-3-20(34-24(16,21)14-27-22)23-28-15-29-32(23)19-6-5-17(25)12-18(19)26/h3,5-6,11-15,21H,2,4,7-10H2,1H3. The van der Waals surface area contributed by atoms with E-state index in [0.717, 1.165) is 61.4 Å². The van der Waals surface area contributed by atoms with Crippen molar-refractivity contribution in [3.63, 3.8) is 0 Å². The molecule has 34 heavy (non-hydrogen) atoms. The number of likely N-dealkylation sites (N-methyl/N-ethyl adjacent to an activating group) is 1. The number of halogens is 2. The van der Waals surface area contributed by atoms with Crippen LogP contribution in [-0.4, -0.2) is 74.9 Å². The van der Waals surface area contributed by atoms with Crippen molar-refractivity contribution in [1.82, 2.24) is 24.6 Å². The Morgan fingerprint density at radius 3 is 2.85 bits per heavy atom. The summed E-state index contributed by atoms with van der Waals surface area (Å²) in [6.45, 7) is 3.89. The second-order valence-electron chi connectivity index (χ2n) is 8.88. The maximum atomic E-state index is 14.5. The van der Waals surface area contributed by atoms with Crippen molar-refractivity contribution in [3.8, 4) is 5.69 Å². The number of ether oxygens (including phenoxy) is 1. The Hall–Kier alpha value is -2.98. The van der Waals surface area contributed by atoms with Crippen molar-refractivity contribution in [3.05, 3.63) is 71.8 Å². The summed E-state index contributed by atoms with van der Waals surface area (Å²) >= 11 is 1.61. The van der Waals surface area contributed by atoms with E-state index in [0.29, 0.717) is 5.82 Å². The minimum absolute atomic E-state index is 0.0609. The van der Waals surface area contributed by atoms with Crippen LogP contribution >= 0.6 is 11.8 Å². The van der Waals surface area contributed by atoms with Gasteiger partial charge in [0.2, 0.25) is 0 Å². The summed E-state index contributed by atoms with van der Waals surface area (Å²) in [5, 5.41) is 4.24. The maximum absolute atomic E-state index is 14.5. The smallest absolute Gasteiger partial charge is 0.169 e. The van der Waals surface area contributed by atoms with Gasteiger partial charge >= 0.3 is 0 Å². The zero-order valence-electron chi connectivity index (χ0n) is 18.7. The fourth-order valence-corrected chi connectivity index (χ4v) is 6.22. The van der Waals surface area contributed by atoms with Gasteiger partial charge in [-0.3, -0.25) is 0 Å². The molecule has 0 saturated carbocycles. The summed E-state index contributed by atoms with van der Waals surface area (Å²) in [6.07, 6.45) is 11.0. The SMILES string of the molecule is CN1CCN(C2=CC3=COC4CCC=C(c5ncnn5-c5ccc(F)cc5F)SC34C=N2)CC1. The molecular weight excluding hydrogens is 458 g/mol. The fourth-order valence-electron chi connectivity index (χ4n) is 4.78. The predicted molar refractivity (Wildman–Crippen MR) is 127 cm³/mol. The van der Waals surface area contributed by atoms with Crippen molar-refractivity contribution in [1.29, 1.82) is 0 Å². The van der Waals surface area contributed by atoms with E-state index in [9.17, 15) is 8.78 Å². The van der Waals surface area contributed by atoms with Gasteiger partial charge in [-0.05, 0) is 38.1 Å². The molecule has 0 radical (unpaired) electrons. The number of hydrogen-bond acceptors (Lipinski definition) is 7. The number of thioether (sulfide) groups is 1. The first-order valence-electron chi connectivity index (χ1n) is 11.3. The molecule has 0 bridgehead atoms. The molecule has 1 fully saturated rings. The van der Waals surface area contributed by atoms with Gasteiger partial charge in [0.1, 0.15) is 34.5 Å². The van der Waals surface area contributed by atoms with Crippen LogP contribution < -0.4 is 0 Å². The molecule has 4 aliphatic heterocycles. The van der Waals surface area contributed by atoms with Crippen LogP contribution in [0.5, 0.6) is 0 Å². The van der Waals surface area contributed by atoms with Crippen LogP contribution in [0.3, 0.4) is 0 Å². The Balaban J connectivity index is 1.32. The normalized spacial score (nSPS) is 26.7. The summed E-state index contributed by atoms with van der Waals surface area (Å²) in [6, 6.07) is 3.45. The highest BCUT2D eigenvalue weighted by Crippen LogP contribution is 2.52.